The van der Waals surface area contributed by atoms with Crippen molar-refractivity contribution in [2.45, 2.75) is 20.8 Å². The van der Waals surface area contributed by atoms with E-state index < -0.39 is 17.9 Å². The van der Waals surface area contributed by atoms with Crippen LogP contribution in [0.2, 0.25) is 0 Å². The van der Waals surface area contributed by atoms with Gasteiger partial charge in [0.1, 0.15) is 11.5 Å². The quantitative estimate of drug-likeness (QED) is 0.333. The van der Waals surface area contributed by atoms with E-state index in [4.69, 9.17) is 18.9 Å². The maximum absolute atomic E-state index is 12.2. The van der Waals surface area contributed by atoms with Crippen LogP contribution in [-0.4, -0.2) is 25.0 Å². The van der Waals surface area contributed by atoms with Crippen molar-refractivity contribution in [2.24, 2.45) is 0 Å². The van der Waals surface area contributed by atoms with E-state index in [0.717, 1.165) is 0 Å². The van der Waals surface area contributed by atoms with Crippen LogP contribution in [0.1, 0.15) is 20.8 Å². The molecule has 0 aliphatic carbocycles. The van der Waals surface area contributed by atoms with Crippen LogP contribution in [-0.2, 0) is 14.4 Å². The van der Waals surface area contributed by atoms with Gasteiger partial charge in [-0.25, -0.2) is 14.4 Å². The Balaban J connectivity index is 2.52. The Kier molecular flexibility index (Phi) is 7.74. The van der Waals surface area contributed by atoms with Crippen LogP contribution in [0.15, 0.2) is 72.9 Å². The van der Waals surface area contributed by atoms with Crippen LogP contribution < -0.4 is 18.9 Å². The van der Waals surface area contributed by atoms with E-state index in [1.807, 2.05) is 0 Å². The van der Waals surface area contributed by atoms with Crippen molar-refractivity contribution in [1.29, 1.82) is 0 Å². The Morgan fingerprint density at radius 1 is 0.656 bits per heavy atom. The lowest BCUT2D eigenvalue weighted by molar-refractivity contribution is -0.131. The van der Waals surface area contributed by atoms with Gasteiger partial charge in [-0.15, -0.1) is 0 Å². The molecule has 0 fully saturated rings. The highest BCUT2D eigenvalue weighted by molar-refractivity contribution is 5.92. The lowest BCUT2D eigenvalue weighted by Gasteiger charge is -2.15. The fourth-order valence-electron chi connectivity index (χ4n) is 2.38. The van der Waals surface area contributed by atoms with Gasteiger partial charge in [0.2, 0.25) is 0 Å². The molecule has 0 N–H and O–H groups in total. The van der Waals surface area contributed by atoms with Gasteiger partial charge >= 0.3 is 17.9 Å². The molecule has 0 spiro atoms. The van der Waals surface area contributed by atoms with Crippen LogP contribution in [0, 0.1) is 0 Å². The van der Waals surface area contributed by atoms with Crippen LogP contribution in [0.4, 0.5) is 0 Å². The zero-order chi connectivity index (χ0) is 24.0. The first-order chi connectivity index (χ1) is 15.0. The zero-order valence-electron chi connectivity index (χ0n) is 18.4. The molecule has 0 aliphatic rings. The van der Waals surface area contributed by atoms with E-state index in [0.29, 0.717) is 11.1 Å². The average Bonchev–Trinajstić information content (AvgIpc) is 2.74. The highest BCUT2D eigenvalue weighted by atomic mass is 16.6. The number of esters is 3. The molecule has 7 nitrogen and oxygen atoms in total. The van der Waals surface area contributed by atoms with Gasteiger partial charge in [-0.05, 0) is 50.6 Å². The summed E-state index contributed by atoms with van der Waals surface area (Å²) in [6.45, 7) is 15.2. The number of hydrogen-bond donors (Lipinski definition) is 0. The summed E-state index contributed by atoms with van der Waals surface area (Å²) in [6, 6.07) is 9.42. The topological polar surface area (TPSA) is 88.1 Å². The Morgan fingerprint density at radius 2 is 1.19 bits per heavy atom. The second-order valence-corrected chi connectivity index (χ2v) is 7.03. The molecule has 0 radical (unpaired) electrons. The number of hydrogen-bond acceptors (Lipinski definition) is 7. The first kappa shape index (κ1) is 24.1. The molecule has 0 amide bonds. The zero-order valence-corrected chi connectivity index (χ0v) is 18.4. The van der Waals surface area contributed by atoms with Crippen molar-refractivity contribution in [3.8, 4) is 34.1 Å². The lowest BCUT2D eigenvalue weighted by atomic mass is 10.0. The highest BCUT2D eigenvalue weighted by Gasteiger charge is 2.18. The van der Waals surface area contributed by atoms with Crippen LogP contribution in [0.5, 0.6) is 23.0 Å². The van der Waals surface area contributed by atoms with Crippen LogP contribution >= 0.6 is 0 Å². The van der Waals surface area contributed by atoms with Gasteiger partial charge < -0.3 is 18.9 Å². The number of carbonyl (C=O) groups excluding carboxylic acids is 3. The van der Waals surface area contributed by atoms with Crippen molar-refractivity contribution in [3.05, 3.63) is 72.9 Å². The molecule has 0 atom stereocenters. The molecule has 2 aromatic rings. The van der Waals surface area contributed by atoms with Gasteiger partial charge in [0, 0.05) is 28.3 Å². The van der Waals surface area contributed by atoms with Gasteiger partial charge in [0.15, 0.2) is 11.5 Å². The molecule has 0 aromatic heterocycles. The fourth-order valence-corrected chi connectivity index (χ4v) is 2.38. The molecule has 2 aromatic carbocycles. The minimum Gasteiger partial charge on any atom is -0.493 e. The third-order valence-corrected chi connectivity index (χ3v) is 4.09. The summed E-state index contributed by atoms with van der Waals surface area (Å²) in [6.07, 6.45) is 0. The number of methoxy groups -OCH3 is 1. The number of ether oxygens (including phenoxy) is 4. The van der Waals surface area contributed by atoms with E-state index in [1.54, 1.807) is 30.3 Å². The summed E-state index contributed by atoms with van der Waals surface area (Å²) in [7, 11) is 1.43. The molecule has 0 saturated carbocycles. The van der Waals surface area contributed by atoms with Crippen molar-refractivity contribution in [2.75, 3.05) is 7.11 Å². The van der Waals surface area contributed by atoms with Gasteiger partial charge in [-0.1, -0.05) is 25.8 Å². The van der Waals surface area contributed by atoms with E-state index >= 15 is 0 Å². The van der Waals surface area contributed by atoms with Crippen LogP contribution in [0.3, 0.4) is 0 Å². The molecular weight excluding hydrogens is 412 g/mol. The van der Waals surface area contributed by atoms with E-state index in [9.17, 15) is 14.4 Å². The summed E-state index contributed by atoms with van der Waals surface area (Å²) in [5, 5.41) is 0. The Hall–Kier alpha value is -4.13. The summed E-state index contributed by atoms with van der Waals surface area (Å²) in [5.74, 6) is -1.04. The molecule has 166 valence electrons. The molecule has 7 heteroatoms. The summed E-state index contributed by atoms with van der Waals surface area (Å²) in [5.41, 5.74) is 1.76. The first-order valence-corrected chi connectivity index (χ1v) is 9.49. The van der Waals surface area contributed by atoms with Gasteiger partial charge in [-0.2, -0.15) is 0 Å². The number of benzene rings is 2. The maximum atomic E-state index is 12.2. The Labute approximate surface area is 186 Å². The van der Waals surface area contributed by atoms with Crippen LogP contribution in [0.25, 0.3) is 11.1 Å². The highest BCUT2D eigenvalue weighted by Crippen LogP contribution is 2.38. The van der Waals surface area contributed by atoms with Gasteiger partial charge in [-0.3, -0.25) is 0 Å². The van der Waals surface area contributed by atoms with E-state index in [2.05, 4.69) is 19.7 Å². The smallest absolute Gasteiger partial charge is 0.338 e. The van der Waals surface area contributed by atoms with Crippen molar-refractivity contribution < 1.29 is 33.3 Å². The Morgan fingerprint density at radius 3 is 1.72 bits per heavy atom. The predicted molar refractivity (Wildman–Crippen MR) is 120 cm³/mol. The molecule has 0 bridgehead atoms. The fraction of sp³-hybridized carbons (Fsp3) is 0.160. The van der Waals surface area contributed by atoms with Gasteiger partial charge in [0.25, 0.3) is 0 Å². The first-order valence-electron chi connectivity index (χ1n) is 9.49. The molecular formula is C25H24O7. The van der Waals surface area contributed by atoms with Crippen molar-refractivity contribution in [1.82, 2.24) is 0 Å². The minimum atomic E-state index is -0.645. The maximum Gasteiger partial charge on any atom is 0.338 e. The predicted octanol–water partition coefficient (Wildman–Crippen LogP) is 4.81. The largest absolute Gasteiger partial charge is 0.493 e. The number of rotatable bonds is 8. The standard InChI is InChI=1S/C25H24O7/c1-14(2)23(26)30-18-9-10-19(21(13-18)32-25(28)16(5)6)17-8-11-20(22(12-17)29-7)31-24(27)15(3)4/h8-13H,1,3,5H2,2,4,6-7H3. The lowest BCUT2D eigenvalue weighted by Crippen LogP contribution is -2.11. The SMILES string of the molecule is C=C(C)C(=O)Oc1ccc(-c2ccc(OC(=O)C(=C)C)c(OC)c2)c(OC(=O)C(=C)C)c1. The molecule has 0 aliphatic heterocycles. The molecule has 0 heterocycles. The van der Waals surface area contributed by atoms with Crippen molar-refractivity contribution in [3.63, 3.8) is 0 Å². The normalized spacial score (nSPS) is 10.0. The molecule has 0 unspecified atom stereocenters. The molecule has 2 rings (SSSR count). The Bertz CT molecular complexity index is 1130. The third kappa shape index (κ3) is 5.95. The van der Waals surface area contributed by atoms with Crippen molar-refractivity contribution >= 4 is 17.9 Å². The number of carbonyl (C=O) groups is 3. The second-order valence-electron chi connectivity index (χ2n) is 7.03. The summed E-state index contributed by atoms with van der Waals surface area (Å²) in [4.78, 5) is 35.9. The monoisotopic (exact) mass is 436 g/mol. The minimum absolute atomic E-state index is 0.138. The van der Waals surface area contributed by atoms with Gasteiger partial charge in [0.05, 0.1) is 7.11 Å². The second kappa shape index (κ2) is 10.3. The average molecular weight is 436 g/mol. The summed E-state index contributed by atoms with van der Waals surface area (Å²) >= 11 is 0. The molecule has 32 heavy (non-hydrogen) atoms. The van der Waals surface area contributed by atoms with E-state index in [1.165, 1.54) is 33.9 Å². The summed E-state index contributed by atoms with van der Waals surface area (Å²) < 4.78 is 21.3. The third-order valence-electron chi connectivity index (χ3n) is 4.09. The van der Waals surface area contributed by atoms with E-state index in [-0.39, 0.29) is 39.7 Å². The molecule has 0 saturated heterocycles.